The highest BCUT2D eigenvalue weighted by atomic mass is 16.5. The van der Waals surface area contributed by atoms with E-state index in [1.807, 2.05) is 0 Å². The summed E-state index contributed by atoms with van der Waals surface area (Å²) in [6, 6.07) is 0.226. The molecule has 0 aromatic heterocycles. The lowest BCUT2D eigenvalue weighted by atomic mass is 9.83. The second-order valence-corrected chi connectivity index (χ2v) is 5.45. The van der Waals surface area contributed by atoms with Gasteiger partial charge >= 0.3 is 0 Å². The van der Waals surface area contributed by atoms with Gasteiger partial charge in [-0.05, 0) is 25.2 Å². The molecule has 2 fully saturated rings. The Morgan fingerprint density at radius 2 is 2.12 bits per heavy atom. The van der Waals surface area contributed by atoms with E-state index >= 15 is 0 Å². The Hall–Kier alpha value is -0.610. The van der Waals surface area contributed by atoms with Crippen molar-refractivity contribution < 1.29 is 9.53 Å². The lowest BCUT2D eigenvalue weighted by Gasteiger charge is -2.28. The van der Waals surface area contributed by atoms with Gasteiger partial charge in [-0.15, -0.1) is 0 Å². The monoisotopic (exact) mass is 240 g/mol. The topological polar surface area (TPSA) is 64.4 Å². The van der Waals surface area contributed by atoms with Gasteiger partial charge in [-0.1, -0.05) is 12.8 Å². The van der Waals surface area contributed by atoms with Crippen LogP contribution in [0.3, 0.4) is 0 Å². The fraction of sp³-hybridized carbons (Fsp3) is 0.923. The summed E-state index contributed by atoms with van der Waals surface area (Å²) in [5.74, 6) is 1.07. The zero-order chi connectivity index (χ0) is 12.1. The van der Waals surface area contributed by atoms with E-state index in [9.17, 15) is 4.79 Å². The highest BCUT2D eigenvalue weighted by molar-refractivity contribution is 5.76. The number of nitrogens with two attached hydrogens (primary N) is 1. The van der Waals surface area contributed by atoms with Crippen molar-refractivity contribution in [1.29, 1.82) is 0 Å². The molecule has 1 aliphatic carbocycles. The molecule has 1 aliphatic heterocycles. The van der Waals surface area contributed by atoms with Crippen LogP contribution in [0.15, 0.2) is 0 Å². The number of nitrogens with one attached hydrogen (secondary N) is 1. The Morgan fingerprint density at radius 1 is 1.29 bits per heavy atom. The van der Waals surface area contributed by atoms with Gasteiger partial charge in [0, 0.05) is 31.5 Å². The summed E-state index contributed by atoms with van der Waals surface area (Å²) in [7, 11) is 0. The predicted octanol–water partition coefficient (Wildman–Crippen LogP) is 1.05. The van der Waals surface area contributed by atoms with Crippen molar-refractivity contribution in [3.8, 4) is 0 Å². The maximum absolute atomic E-state index is 11.8. The van der Waals surface area contributed by atoms with E-state index in [1.54, 1.807) is 0 Å². The minimum Gasteiger partial charge on any atom is -0.381 e. The second-order valence-electron chi connectivity index (χ2n) is 5.45. The number of hydrogen-bond donors (Lipinski definition) is 2. The van der Waals surface area contributed by atoms with Crippen molar-refractivity contribution in [3.05, 3.63) is 0 Å². The Labute approximate surface area is 103 Å². The van der Waals surface area contributed by atoms with Gasteiger partial charge in [0.15, 0.2) is 0 Å². The van der Waals surface area contributed by atoms with Gasteiger partial charge in [0.25, 0.3) is 0 Å². The lowest BCUT2D eigenvalue weighted by molar-refractivity contribution is -0.122. The van der Waals surface area contributed by atoms with Gasteiger partial charge in [0.2, 0.25) is 5.91 Å². The minimum absolute atomic E-state index is 0.166. The minimum atomic E-state index is 0.166. The van der Waals surface area contributed by atoms with E-state index in [0.29, 0.717) is 18.3 Å². The predicted molar refractivity (Wildman–Crippen MR) is 66.5 cm³/mol. The maximum atomic E-state index is 11.8. The van der Waals surface area contributed by atoms with Crippen LogP contribution in [0.5, 0.6) is 0 Å². The first kappa shape index (κ1) is 12.8. The average Bonchev–Trinajstić information content (AvgIpc) is 2.82. The summed E-state index contributed by atoms with van der Waals surface area (Å²) in [5.41, 5.74) is 6.05. The fourth-order valence-electron chi connectivity index (χ4n) is 2.80. The summed E-state index contributed by atoms with van der Waals surface area (Å²) in [4.78, 5) is 11.8. The first-order chi connectivity index (χ1) is 8.25. The average molecular weight is 240 g/mol. The van der Waals surface area contributed by atoms with Crippen LogP contribution in [0, 0.1) is 11.8 Å². The summed E-state index contributed by atoms with van der Waals surface area (Å²) >= 11 is 0. The van der Waals surface area contributed by atoms with Crippen molar-refractivity contribution in [3.63, 3.8) is 0 Å². The highest BCUT2D eigenvalue weighted by Crippen LogP contribution is 2.25. The third-order valence-corrected chi connectivity index (χ3v) is 4.03. The van der Waals surface area contributed by atoms with E-state index in [0.717, 1.165) is 39.0 Å². The fourth-order valence-corrected chi connectivity index (χ4v) is 2.80. The zero-order valence-electron chi connectivity index (χ0n) is 10.5. The quantitative estimate of drug-likeness (QED) is 0.772. The Morgan fingerprint density at radius 3 is 2.82 bits per heavy atom. The standard InChI is InChI=1S/C13H24N2O2/c14-12-4-2-1-3-11(12)7-13(16)15-8-10-5-6-17-9-10/h10-12H,1-9,14H2,(H,15,16). The maximum Gasteiger partial charge on any atom is 0.220 e. The lowest BCUT2D eigenvalue weighted by Crippen LogP contribution is -2.38. The molecule has 4 nitrogen and oxygen atoms in total. The number of hydrogen-bond acceptors (Lipinski definition) is 3. The van der Waals surface area contributed by atoms with Gasteiger partial charge in [-0.3, -0.25) is 4.79 Å². The van der Waals surface area contributed by atoms with Crippen molar-refractivity contribution in [2.75, 3.05) is 19.8 Å². The molecule has 1 amide bonds. The van der Waals surface area contributed by atoms with E-state index < -0.39 is 0 Å². The van der Waals surface area contributed by atoms with Gasteiger partial charge in [-0.2, -0.15) is 0 Å². The highest BCUT2D eigenvalue weighted by Gasteiger charge is 2.24. The van der Waals surface area contributed by atoms with Crippen LogP contribution < -0.4 is 11.1 Å². The molecule has 2 aliphatic rings. The molecule has 3 atom stereocenters. The molecule has 98 valence electrons. The molecule has 0 spiro atoms. The number of ether oxygens (including phenoxy) is 1. The van der Waals surface area contributed by atoms with E-state index in [-0.39, 0.29) is 11.9 Å². The van der Waals surface area contributed by atoms with Gasteiger partial charge in [-0.25, -0.2) is 0 Å². The Balaban J connectivity index is 1.65. The molecule has 3 unspecified atom stereocenters. The summed E-state index contributed by atoms with van der Waals surface area (Å²) in [6.07, 6.45) is 6.31. The number of rotatable bonds is 4. The molecule has 1 saturated heterocycles. The van der Waals surface area contributed by atoms with Crippen molar-refractivity contribution >= 4 is 5.91 Å². The molecule has 0 radical (unpaired) electrons. The van der Waals surface area contributed by atoms with Crippen molar-refractivity contribution in [2.45, 2.75) is 44.6 Å². The largest absolute Gasteiger partial charge is 0.381 e. The molecular weight excluding hydrogens is 216 g/mol. The van der Waals surface area contributed by atoms with Crippen LogP contribution in [-0.4, -0.2) is 31.7 Å². The smallest absolute Gasteiger partial charge is 0.220 e. The summed E-state index contributed by atoms with van der Waals surface area (Å²) < 4.78 is 5.29. The Kier molecular flexibility index (Phi) is 4.80. The van der Waals surface area contributed by atoms with Crippen molar-refractivity contribution in [2.24, 2.45) is 17.6 Å². The van der Waals surface area contributed by atoms with E-state index in [1.165, 1.54) is 12.8 Å². The van der Waals surface area contributed by atoms with E-state index in [2.05, 4.69) is 5.32 Å². The van der Waals surface area contributed by atoms with Crippen LogP contribution in [0.1, 0.15) is 38.5 Å². The number of carbonyl (C=O) groups is 1. The van der Waals surface area contributed by atoms with Crippen LogP contribution in [0.4, 0.5) is 0 Å². The SMILES string of the molecule is NC1CCCCC1CC(=O)NCC1CCOC1. The van der Waals surface area contributed by atoms with Gasteiger partial charge < -0.3 is 15.8 Å². The second kappa shape index (κ2) is 6.36. The van der Waals surface area contributed by atoms with Crippen LogP contribution >= 0.6 is 0 Å². The molecule has 1 saturated carbocycles. The van der Waals surface area contributed by atoms with Gasteiger partial charge in [0.1, 0.15) is 0 Å². The number of amides is 1. The van der Waals surface area contributed by atoms with E-state index in [4.69, 9.17) is 10.5 Å². The van der Waals surface area contributed by atoms with Crippen molar-refractivity contribution in [1.82, 2.24) is 5.32 Å². The van der Waals surface area contributed by atoms with Crippen LogP contribution in [-0.2, 0) is 9.53 Å². The third kappa shape index (κ3) is 3.96. The first-order valence-corrected chi connectivity index (χ1v) is 6.85. The molecule has 4 heteroatoms. The third-order valence-electron chi connectivity index (χ3n) is 4.03. The first-order valence-electron chi connectivity index (χ1n) is 6.85. The summed E-state index contributed by atoms with van der Waals surface area (Å²) in [6.45, 7) is 2.40. The molecule has 0 bridgehead atoms. The molecule has 1 heterocycles. The Bertz CT molecular complexity index is 252. The van der Waals surface area contributed by atoms with Gasteiger partial charge in [0.05, 0.1) is 6.61 Å². The number of carbonyl (C=O) groups excluding carboxylic acids is 1. The molecular formula is C13H24N2O2. The molecule has 2 rings (SSSR count). The van der Waals surface area contributed by atoms with Crippen LogP contribution in [0.2, 0.25) is 0 Å². The molecule has 17 heavy (non-hydrogen) atoms. The normalized spacial score (nSPS) is 33.6. The summed E-state index contributed by atoms with van der Waals surface area (Å²) in [5, 5.41) is 3.02. The zero-order valence-corrected chi connectivity index (χ0v) is 10.5. The molecule has 0 aromatic rings. The molecule has 3 N–H and O–H groups in total. The molecule has 0 aromatic carbocycles. The van der Waals surface area contributed by atoms with Crippen LogP contribution in [0.25, 0.3) is 0 Å².